The molecule has 4 rings (SSSR count). The van der Waals surface area contributed by atoms with Crippen molar-refractivity contribution in [1.29, 1.82) is 0 Å². The van der Waals surface area contributed by atoms with Crippen LogP contribution < -0.4 is 5.69 Å². The number of fused-ring (bicyclic) bond motifs is 1. The molecule has 9 heteroatoms. The number of aromatic nitrogens is 4. The molecule has 1 aromatic carbocycles. The zero-order chi connectivity index (χ0) is 21.3. The van der Waals surface area contributed by atoms with Crippen molar-refractivity contribution in [3.63, 3.8) is 0 Å². The zero-order valence-corrected chi connectivity index (χ0v) is 17.1. The van der Waals surface area contributed by atoms with Crippen LogP contribution in [0, 0.1) is 5.41 Å². The summed E-state index contributed by atoms with van der Waals surface area (Å²) in [5, 5.41) is 9.55. The lowest BCUT2D eigenvalue weighted by Gasteiger charge is -2.26. The highest BCUT2D eigenvalue weighted by Gasteiger charge is 2.22. The van der Waals surface area contributed by atoms with Crippen LogP contribution >= 0.6 is 0 Å². The number of benzene rings is 1. The van der Waals surface area contributed by atoms with E-state index in [0.29, 0.717) is 55.4 Å². The number of aliphatic hydroxyl groups excluding tert-OH is 1. The van der Waals surface area contributed by atoms with Gasteiger partial charge in [-0.2, -0.15) is 0 Å². The maximum atomic E-state index is 12.6. The van der Waals surface area contributed by atoms with Crippen molar-refractivity contribution in [3.05, 3.63) is 46.5 Å². The fourth-order valence-corrected chi connectivity index (χ4v) is 3.42. The number of nitrogens with zero attached hydrogens (tertiary/aromatic N) is 4. The van der Waals surface area contributed by atoms with E-state index in [1.807, 2.05) is 26.0 Å². The maximum absolute atomic E-state index is 12.6. The first-order valence-electron chi connectivity index (χ1n) is 9.92. The van der Waals surface area contributed by atoms with Crippen LogP contribution in [0.5, 0.6) is 0 Å². The van der Waals surface area contributed by atoms with Crippen LogP contribution in [0.4, 0.5) is 0 Å². The summed E-state index contributed by atoms with van der Waals surface area (Å²) in [7, 11) is 0. The van der Waals surface area contributed by atoms with Crippen molar-refractivity contribution in [2.75, 3.05) is 32.9 Å². The number of ether oxygens (including phenoxy) is 1. The second-order valence-corrected chi connectivity index (χ2v) is 8.25. The Labute approximate surface area is 173 Å². The number of nitrogens with one attached hydrogen (secondary N) is 1. The molecule has 1 amide bonds. The summed E-state index contributed by atoms with van der Waals surface area (Å²) in [6.45, 7) is 6.32. The van der Waals surface area contributed by atoms with Gasteiger partial charge in [-0.15, -0.1) is 0 Å². The van der Waals surface area contributed by atoms with E-state index in [-0.39, 0.29) is 18.2 Å². The number of hydrogen-bond acceptors (Lipinski definition) is 6. The highest BCUT2D eigenvalue weighted by Crippen LogP contribution is 2.22. The Kier molecular flexibility index (Phi) is 5.40. The fraction of sp³-hybridized carbons (Fsp3) is 0.429. The third-order valence-corrected chi connectivity index (χ3v) is 5.22. The molecule has 0 unspecified atom stereocenters. The molecule has 30 heavy (non-hydrogen) atoms. The molecule has 0 bridgehead atoms. The van der Waals surface area contributed by atoms with E-state index in [9.17, 15) is 14.7 Å². The molecule has 3 aromatic rings. The van der Waals surface area contributed by atoms with Crippen molar-refractivity contribution >= 4 is 17.2 Å². The predicted molar refractivity (Wildman–Crippen MR) is 111 cm³/mol. The molecule has 1 aliphatic rings. The summed E-state index contributed by atoms with van der Waals surface area (Å²) in [4.78, 5) is 38.4. The molecular formula is C21H25N5O4. The van der Waals surface area contributed by atoms with Crippen LogP contribution in [0.2, 0.25) is 0 Å². The molecule has 0 aliphatic carbocycles. The number of carbonyl (C=O) groups excluding carboxylic acids is 1. The standard InChI is InChI=1S/C21H25N5O4/c1-21(2,13-27)12-26-18-17(24-20(26)29)22-11-16(23-18)14-3-5-15(6-4-14)19(28)25-7-9-30-10-8-25/h3-6,11,27H,7-10,12-13H2,1-2H3,(H,22,24,29). The minimum absolute atomic E-state index is 0.0166. The van der Waals surface area contributed by atoms with Crippen molar-refractivity contribution in [3.8, 4) is 11.3 Å². The van der Waals surface area contributed by atoms with Crippen LogP contribution in [0.3, 0.4) is 0 Å². The molecule has 1 fully saturated rings. The van der Waals surface area contributed by atoms with Crippen LogP contribution in [-0.2, 0) is 11.3 Å². The number of morpholine rings is 1. The minimum Gasteiger partial charge on any atom is -0.396 e. The summed E-state index contributed by atoms with van der Waals surface area (Å²) >= 11 is 0. The first kappa shape index (κ1) is 20.2. The van der Waals surface area contributed by atoms with E-state index >= 15 is 0 Å². The first-order chi connectivity index (χ1) is 14.4. The molecule has 1 saturated heterocycles. The number of hydrogen-bond donors (Lipinski definition) is 2. The molecule has 2 aromatic heterocycles. The second kappa shape index (κ2) is 8.00. The summed E-state index contributed by atoms with van der Waals surface area (Å²) in [6, 6.07) is 7.21. The first-order valence-corrected chi connectivity index (χ1v) is 9.92. The highest BCUT2D eigenvalue weighted by atomic mass is 16.5. The van der Waals surface area contributed by atoms with Gasteiger partial charge in [0.2, 0.25) is 0 Å². The number of aromatic amines is 1. The van der Waals surface area contributed by atoms with Crippen molar-refractivity contribution in [1.82, 2.24) is 24.4 Å². The summed E-state index contributed by atoms with van der Waals surface area (Å²) in [5.41, 5.74) is 2.06. The van der Waals surface area contributed by atoms with Crippen LogP contribution in [0.25, 0.3) is 22.6 Å². The lowest BCUT2D eigenvalue weighted by atomic mass is 9.95. The Balaban J connectivity index is 1.63. The van der Waals surface area contributed by atoms with Crippen molar-refractivity contribution in [2.24, 2.45) is 5.41 Å². The Bertz CT molecular complexity index is 1110. The van der Waals surface area contributed by atoms with Crippen molar-refractivity contribution in [2.45, 2.75) is 20.4 Å². The van der Waals surface area contributed by atoms with E-state index in [2.05, 4.69) is 15.0 Å². The molecular weight excluding hydrogens is 386 g/mol. The molecule has 3 heterocycles. The number of amides is 1. The number of carbonyl (C=O) groups is 1. The molecule has 9 nitrogen and oxygen atoms in total. The molecule has 0 atom stereocenters. The van der Waals surface area contributed by atoms with E-state index in [0.717, 1.165) is 5.56 Å². The predicted octanol–water partition coefficient (Wildman–Crippen LogP) is 1.28. The summed E-state index contributed by atoms with van der Waals surface area (Å²) in [6.07, 6.45) is 1.60. The van der Waals surface area contributed by atoms with E-state index in [1.54, 1.807) is 23.2 Å². The topological polar surface area (TPSA) is 113 Å². The minimum atomic E-state index is -0.474. The average Bonchev–Trinajstić information content (AvgIpc) is 3.08. The van der Waals surface area contributed by atoms with Gasteiger partial charge in [-0.3, -0.25) is 14.3 Å². The number of aliphatic hydroxyl groups is 1. The van der Waals surface area contributed by atoms with Crippen molar-refractivity contribution < 1.29 is 14.6 Å². The molecule has 0 saturated carbocycles. The lowest BCUT2D eigenvalue weighted by Crippen LogP contribution is -2.40. The Morgan fingerprint density at radius 3 is 2.60 bits per heavy atom. The molecule has 2 N–H and O–H groups in total. The third-order valence-electron chi connectivity index (χ3n) is 5.22. The van der Waals surface area contributed by atoms with Gasteiger partial charge in [0.25, 0.3) is 5.91 Å². The average molecular weight is 411 g/mol. The smallest absolute Gasteiger partial charge is 0.328 e. The van der Waals surface area contributed by atoms with Crippen LogP contribution in [0.15, 0.2) is 35.3 Å². The molecule has 0 spiro atoms. The van der Waals surface area contributed by atoms with Gasteiger partial charge in [-0.05, 0) is 12.1 Å². The Morgan fingerprint density at radius 2 is 1.93 bits per heavy atom. The quantitative estimate of drug-likeness (QED) is 0.654. The Morgan fingerprint density at radius 1 is 1.23 bits per heavy atom. The van der Waals surface area contributed by atoms with Gasteiger partial charge >= 0.3 is 5.69 Å². The normalized spacial score (nSPS) is 15.0. The Hall–Kier alpha value is -3.04. The van der Waals surface area contributed by atoms with Gasteiger partial charge in [0, 0.05) is 42.8 Å². The van der Waals surface area contributed by atoms with Gasteiger partial charge in [-0.25, -0.2) is 14.8 Å². The zero-order valence-electron chi connectivity index (χ0n) is 17.1. The SMILES string of the molecule is CC(C)(CO)Cn1c(=O)[nH]c2ncc(-c3ccc(C(=O)N4CCOCC4)cc3)nc21. The fourth-order valence-electron chi connectivity index (χ4n) is 3.42. The number of imidazole rings is 1. The molecule has 1 aliphatic heterocycles. The van der Waals surface area contributed by atoms with Gasteiger partial charge in [0.05, 0.1) is 25.1 Å². The van der Waals surface area contributed by atoms with Gasteiger partial charge < -0.3 is 14.7 Å². The van der Waals surface area contributed by atoms with Crippen LogP contribution in [-0.4, -0.2) is 68.3 Å². The van der Waals surface area contributed by atoms with Gasteiger partial charge in [-0.1, -0.05) is 26.0 Å². The monoisotopic (exact) mass is 411 g/mol. The maximum Gasteiger partial charge on any atom is 0.328 e. The second-order valence-electron chi connectivity index (χ2n) is 8.25. The van der Waals surface area contributed by atoms with Crippen LogP contribution in [0.1, 0.15) is 24.2 Å². The van der Waals surface area contributed by atoms with E-state index in [1.165, 1.54) is 4.57 Å². The summed E-state index contributed by atoms with van der Waals surface area (Å²) in [5.74, 6) is -0.0166. The largest absolute Gasteiger partial charge is 0.396 e. The van der Waals surface area contributed by atoms with E-state index < -0.39 is 5.41 Å². The van der Waals surface area contributed by atoms with E-state index in [4.69, 9.17) is 4.74 Å². The summed E-state index contributed by atoms with van der Waals surface area (Å²) < 4.78 is 6.80. The van der Waals surface area contributed by atoms with Gasteiger partial charge in [0.15, 0.2) is 11.3 Å². The molecule has 158 valence electrons. The third kappa shape index (κ3) is 3.99. The highest BCUT2D eigenvalue weighted by molar-refractivity contribution is 5.94. The lowest BCUT2D eigenvalue weighted by molar-refractivity contribution is 0.0303. The number of H-pyrrole nitrogens is 1. The molecule has 0 radical (unpaired) electrons. The van der Waals surface area contributed by atoms with Gasteiger partial charge in [0.1, 0.15) is 0 Å². The number of rotatable bonds is 5.